The van der Waals surface area contributed by atoms with Crippen LogP contribution in [0.2, 0.25) is 0 Å². The van der Waals surface area contributed by atoms with Crippen LogP contribution in [0.5, 0.6) is 5.75 Å². The van der Waals surface area contributed by atoms with Crippen LogP contribution in [0.1, 0.15) is 31.0 Å². The molecular formula is C17H22N2O. The van der Waals surface area contributed by atoms with E-state index in [-0.39, 0.29) is 6.04 Å². The first kappa shape index (κ1) is 14.5. The zero-order valence-electron chi connectivity index (χ0n) is 12.3. The van der Waals surface area contributed by atoms with Gasteiger partial charge in [-0.2, -0.15) is 0 Å². The first-order valence-corrected chi connectivity index (χ1v) is 6.98. The molecule has 1 heterocycles. The Morgan fingerprint density at radius 2 is 1.95 bits per heavy atom. The number of pyridine rings is 1. The molecule has 106 valence electrons. The molecule has 2 rings (SSSR count). The van der Waals surface area contributed by atoms with Crippen molar-refractivity contribution in [2.24, 2.45) is 0 Å². The molecule has 3 nitrogen and oxygen atoms in total. The maximum Gasteiger partial charge on any atom is 0.122 e. The second kappa shape index (κ2) is 7.06. The third-order valence-corrected chi connectivity index (χ3v) is 3.44. The lowest BCUT2D eigenvalue weighted by Gasteiger charge is -2.21. The van der Waals surface area contributed by atoms with Gasteiger partial charge in [0.1, 0.15) is 5.75 Å². The van der Waals surface area contributed by atoms with Gasteiger partial charge in [0.05, 0.1) is 7.11 Å². The van der Waals surface area contributed by atoms with Crippen molar-refractivity contribution < 1.29 is 4.74 Å². The first-order chi connectivity index (χ1) is 9.70. The van der Waals surface area contributed by atoms with Crippen molar-refractivity contribution in [2.45, 2.75) is 32.4 Å². The summed E-state index contributed by atoms with van der Waals surface area (Å²) in [5.41, 5.74) is 2.44. The number of nitrogens with zero attached hydrogens (tertiary/aromatic N) is 1. The summed E-state index contributed by atoms with van der Waals surface area (Å²) in [5.74, 6) is 0.954. The van der Waals surface area contributed by atoms with Crippen molar-refractivity contribution in [1.82, 2.24) is 10.3 Å². The number of benzene rings is 1. The van der Waals surface area contributed by atoms with Crippen molar-refractivity contribution in [2.75, 3.05) is 7.11 Å². The minimum absolute atomic E-state index is 0.286. The van der Waals surface area contributed by atoms with Gasteiger partial charge in [0.25, 0.3) is 0 Å². The first-order valence-electron chi connectivity index (χ1n) is 6.98. The summed E-state index contributed by atoms with van der Waals surface area (Å²) in [6.07, 6.45) is 4.65. The molecule has 1 aromatic carbocycles. The number of aromatic nitrogens is 1. The van der Waals surface area contributed by atoms with E-state index in [2.05, 4.69) is 42.3 Å². The molecule has 0 saturated carbocycles. The van der Waals surface area contributed by atoms with Gasteiger partial charge in [0.2, 0.25) is 0 Å². The molecule has 0 amide bonds. The predicted molar refractivity (Wildman–Crippen MR) is 81.9 cm³/mol. The normalized spacial score (nSPS) is 13.8. The molecule has 0 saturated heterocycles. The highest BCUT2D eigenvalue weighted by molar-refractivity contribution is 5.33. The summed E-state index contributed by atoms with van der Waals surface area (Å²) >= 11 is 0. The smallest absolute Gasteiger partial charge is 0.122 e. The van der Waals surface area contributed by atoms with Crippen LogP contribution < -0.4 is 10.1 Å². The van der Waals surface area contributed by atoms with Crippen LogP contribution >= 0.6 is 0 Å². The molecule has 0 spiro atoms. The predicted octanol–water partition coefficient (Wildman–Crippen LogP) is 3.37. The molecule has 1 N–H and O–H groups in total. The Kier molecular flexibility index (Phi) is 5.13. The van der Waals surface area contributed by atoms with Crippen molar-refractivity contribution in [3.63, 3.8) is 0 Å². The van der Waals surface area contributed by atoms with Crippen LogP contribution in [-0.4, -0.2) is 18.1 Å². The lowest BCUT2D eigenvalue weighted by atomic mass is 10.0. The zero-order chi connectivity index (χ0) is 14.4. The van der Waals surface area contributed by atoms with Crippen LogP contribution in [0.15, 0.2) is 48.8 Å². The van der Waals surface area contributed by atoms with Crippen molar-refractivity contribution in [3.8, 4) is 5.75 Å². The van der Waals surface area contributed by atoms with Crippen LogP contribution in [0.3, 0.4) is 0 Å². The molecular weight excluding hydrogens is 248 g/mol. The Morgan fingerprint density at radius 1 is 1.15 bits per heavy atom. The largest absolute Gasteiger partial charge is 0.496 e. The highest BCUT2D eigenvalue weighted by Crippen LogP contribution is 2.20. The van der Waals surface area contributed by atoms with Gasteiger partial charge in [-0.3, -0.25) is 4.98 Å². The minimum Gasteiger partial charge on any atom is -0.496 e. The number of methoxy groups -OCH3 is 1. The molecule has 0 fully saturated rings. The maximum atomic E-state index is 5.40. The van der Waals surface area contributed by atoms with Crippen molar-refractivity contribution in [1.29, 1.82) is 0 Å². The molecule has 3 heteroatoms. The fourth-order valence-corrected chi connectivity index (χ4v) is 2.42. The fraction of sp³-hybridized carbons (Fsp3) is 0.353. The van der Waals surface area contributed by atoms with Crippen LogP contribution in [-0.2, 0) is 6.42 Å². The standard InChI is InChI=1S/C17H22N2O/c1-13(11-15-7-4-5-9-17(15)20-3)19-14(2)16-8-6-10-18-12-16/h4-10,12-14,19H,11H2,1-3H3. The van der Waals surface area contributed by atoms with Crippen LogP contribution in [0.4, 0.5) is 0 Å². The lowest BCUT2D eigenvalue weighted by Crippen LogP contribution is -2.30. The topological polar surface area (TPSA) is 34.1 Å². The molecule has 0 radical (unpaired) electrons. The van der Waals surface area contributed by atoms with Crippen LogP contribution in [0.25, 0.3) is 0 Å². The molecule has 0 aliphatic rings. The molecule has 2 atom stereocenters. The highest BCUT2D eigenvalue weighted by Gasteiger charge is 2.12. The molecule has 0 aliphatic heterocycles. The monoisotopic (exact) mass is 270 g/mol. The van der Waals surface area contributed by atoms with Crippen molar-refractivity contribution in [3.05, 3.63) is 59.9 Å². The zero-order valence-corrected chi connectivity index (χ0v) is 12.3. The fourth-order valence-electron chi connectivity index (χ4n) is 2.42. The summed E-state index contributed by atoms with van der Waals surface area (Å²) in [5, 5.41) is 3.60. The van der Waals surface area contributed by atoms with Crippen molar-refractivity contribution >= 4 is 0 Å². The van der Waals surface area contributed by atoms with E-state index in [0.29, 0.717) is 6.04 Å². The number of hydrogen-bond donors (Lipinski definition) is 1. The van der Waals surface area contributed by atoms with E-state index < -0.39 is 0 Å². The SMILES string of the molecule is COc1ccccc1CC(C)NC(C)c1cccnc1. The molecule has 2 aromatic rings. The highest BCUT2D eigenvalue weighted by atomic mass is 16.5. The van der Waals surface area contributed by atoms with Gasteiger partial charge in [-0.25, -0.2) is 0 Å². The average molecular weight is 270 g/mol. The summed E-state index contributed by atoms with van der Waals surface area (Å²) in [6.45, 7) is 4.36. The van der Waals surface area contributed by atoms with Gasteiger partial charge in [0.15, 0.2) is 0 Å². The summed E-state index contributed by atoms with van der Waals surface area (Å²) < 4.78 is 5.40. The van der Waals surface area contributed by atoms with Crippen LogP contribution in [0, 0.1) is 0 Å². The third kappa shape index (κ3) is 3.81. The molecule has 1 aromatic heterocycles. The Labute approximate surface area is 121 Å². The molecule has 20 heavy (non-hydrogen) atoms. The van der Waals surface area contributed by atoms with E-state index >= 15 is 0 Å². The Bertz CT molecular complexity index is 528. The van der Waals surface area contributed by atoms with Gasteiger partial charge in [-0.1, -0.05) is 24.3 Å². The summed E-state index contributed by atoms with van der Waals surface area (Å²) in [7, 11) is 1.72. The number of para-hydroxylation sites is 1. The Balaban J connectivity index is 1.97. The van der Waals surface area contributed by atoms with Gasteiger partial charge in [-0.05, 0) is 43.5 Å². The van der Waals surface area contributed by atoms with E-state index in [1.165, 1.54) is 11.1 Å². The van der Waals surface area contributed by atoms with E-state index in [1.807, 2.05) is 24.4 Å². The van der Waals surface area contributed by atoms with E-state index in [9.17, 15) is 0 Å². The van der Waals surface area contributed by atoms with Gasteiger partial charge >= 0.3 is 0 Å². The maximum absolute atomic E-state index is 5.40. The summed E-state index contributed by atoms with van der Waals surface area (Å²) in [4.78, 5) is 4.16. The Morgan fingerprint density at radius 3 is 2.65 bits per heavy atom. The number of nitrogens with one attached hydrogen (secondary N) is 1. The van der Waals surface area contributed by atoms with Gasteiger partial charge < -0.3 is 10.1 Å². The molecule has 0 bridgehead atoms. The quantitative estimate of drug-likeness (QED) is 0.874. The number of ether oxygens (including phenoxy) is 1. The minimum atomic E-state index is 0.286. The number of rotatable bonds is 6. The van der Waals surface area contributed by atoms with E-state index in [0.717, 1.165) is 12.2 Å². The lowest BCUT2D eigenvalue weighted by molar-refractivity contribution is 0.403. The molecule has 0 aliphatic carbocycles. The van der Waals surface area contributed by atoms with Gasteiger partial charge in [0, 0.05) is 24.5 Å². The van der Waals surface area contributed by atoms with Gasteiger partial charge in [-0.15, -0.1) is 0 Å². The Hall–Kier alpha value is -1.87. The van der Waals surface area contributed by atoms with E-state index in [1.54, 1.807) is 13.3 Å². The second-order valence-electron chi connectivity index (χ2n) is 5.09. The third-order valence-electron chi connectivity index (χ3n) is 3.44. The number of hydrogen-bond acceptors (Lipinski definition) is 3. The summed E-state index contributed by atoms with van der Waals surface area (Å²) in [6, 6.07) is 12.9. The second-order valence-corrected chi connectivity index (χ2v) is 5.09. The van der Waals surface area contributed by atoms with E-state index in [4.69, 9.17) is 4.74 Å². The average Bonchev–Trinajstić information content (AvgIpc) is 2.48. The molecule has 2 unspecified atom stereocenters.